The van der Waals surface area contributed by atoms with Crippen molar-refractivity contribution < 1.29 is 4.79 Å². The van der Waals surface area contributed by atoms with Gasteiger partial charge in [-0.3, -0.25) is 4.79 Å². The van der Waals surface area contributed by atoms with Crippen molar-refractivity contribution >= 4 is 23.4 Å². The molecule has 0 saturated carbocycles. The summed E-state index contributed by atoms with van der Waals surface area (Å²) in [6.07, 6.45) is 0. The fourth-order valence-corrected chi connectivity index (χ4v) is 2.51. The van der Waals surface area contributed by atoms with Crippen LogP contribution in [0.4, 0.5) is 5.69 Å². The predicted molar refractivity (Wildman–Crippen MR) is 82.0 cm³/mol. The van der Waals surface area contributed by atoms with E-state index in [1.165, 1.54) is 0 Å². The molecular formula is C16H17NOS. The number of nitrogens with one attached hydrogen (secondary N) is 1. The lowest BCUT2D eigenvalue weighted by atomic mass is 10.1. The summed E-state index contributed by atoms with van der Waals surface area (Å²) in [7, 11) is 0. The monoisotopic (exact) mass is 271 g/mol. The quantitative estimate of drug-likeness (QED) is 0.837. The first kappa shape index (κ1) is 13.7. The summed E-state index contributed by atoms with van der Waals surface area (Å²) < 4.78 is 0. The van der Waals surface area contributed by atoms with Gasteiger partial charge in [-0.05, 0) is 36.9 Å². The standard InChI is InChI=1S/C16H17NOS/c1-3-19-15-7-5-4-6-14(15)17-16(18)13-10-8-12(2)9-11-13/h4-11H,3H2,1-2H3,(H,17,18). The van der Waals surface area contributed by atoms with Crippen LogP contribution in [-0.4, -0.2) is 11.7 Å². The Labute approximate surface area is 118 Å². The Hall–Kier alpha value is -1.74. The molecule has 19 heavy (non-hydrogen) atoms. The molecule has 2 nitrogen and oxygen atoms in total. The van der Waals surface area contributed by atoms with Gasteiger partial charge in [0.2, 0.25) is 0 Å². The average Bonchev–Trinajstić information content (AvgIpc) is 2.42. The number of rotatable bonds is 4. The van der Waals surface area contributed by atoms with Gasteiger partial charge in [0.05, 0.1) is 5.69 Å². The number of amides is 1. The highest BCUT2D eigenvalue weighted by Gasteiger charge is 2.08. The molecule has 1 N–H and O–H groups in total. The number of hydrogen-bond acceptors (Lipinski definition) is 2. The highest BCUT2D eigenvalue weighted by Crippen LogP contribution is 2.26. The molecule has 0 unspecified atom stereocenters. The van der Waals surface area contributed by atoms with E-state index in [9.17, 15) is 4.79 Å². The number of anilines is 1. The molecule has 0 spiro atoms. The average molecular weight is 271 g/mol. The molecule has 0 aliphatic heterocycles. The Bertz CT molecular complexity index is 563. The maximum absolute atomic E-state index is 12.2. The van der Waals surface area contributed by atoms with Crippen molar-refractivity contribution in [1.29, 1.82) is 0 Å². The van der Waals surface area contributed by atoms with Gasteiger partial charge in [0, 0.05) is 10.5 Å². The third kappa shape index (κ3) is 3.61. The van der Waals surface area contributed by atoms with Crippen LogP contribution in [0, 0.1) is 6.92 Å². The molecule has 3 heteroatoms. The van der Waals surface area contributed by atoms with Crippen molar-refractivity contribution in [3.63, 3.8) is 0 Å². The van der Waals surface area contributed by atoms with Crippen LogP contribution in [0.3, 0.4) is 0 Å². The number of carbonyl (C=O) groups is 1. The summed E-state index contributed by atoms with van der Waals surface area (Å²) in [5, 5.41) is 2.97. The number of carbonyl (C=O) groups excluding carboxylic acids is 1. The first-order valence-corrected chi connectivity index (χ1v) is 7.29. The third-order valence-corrected chi connectivity index (χ3v) is 3.70. The van der Waals surface area contributed by atoms with Gasteiger partial charge in [0.1, 0.15) is 0 Å². The second kappa shape index (κ2) is 6.43. The van der Waals surface area contributed by atoms with Crippen molar-refractivity contribution in [2.75, 3.05) is 11.1 Å². The number of thioether (sulfide) groups is 1. The first-order valence-electron chi connectivity index (χ1n) is 6.30. The van der Waals surface area contributed by atoms with E-state index in [0.29, 0.717) is 5.56 Å². The van der Waals surface area contributed by atoms with E-state index >= 15 is 0 Å². The Morgan fingerprint density at radius 2 is 1.79 bits per heavy atom. The van der Waals surface area contributed by atoms with Gasteiger partial charge >= 0.3 is 0 Å². The molecule has 2 rings (SSSR count). The Morgan fingerprint density at radius 3 is 2.47 bits per heavy atom. The number of aryl methyl sites for hydroxylation is 1. The Balaban J connectivity index is 2.16. The van der Waals surface area contributed by atoms with Crippen LogP contribution in [0.25, 0.3) is 0 Å². The van der Waals surface area contributed by atoms with Crippen LogP contribution in [0.1, 0.15) is 22.8 Å². The topological polar surface area (TPSA) is 29.1 Å². The van der Waals surface area contributed by atoms with Gasteiger partial charge in [-0.2, -0.15) is 0 Å². The molecule has 2 aromatic carbocycles. The number of hydrogen-bond donors (Lipinski definition) is 1. The van der Waals surface area contributed by atoms with Gasteiger partial charge in [0.15, 0.2) is 0 Å². The van der Waals surface area contributed by atoms with Crippen LogP contribution < -0.4 is 5.32 Å². The molecule has 0 atom stereocenters. The third-order valence-electron chi connectivity index (χ3n) is 2.75. The number of benzene rings is 2. The molecular weight excluding hydrogens is 254 g/mol. The maximum Gasteiger partial charge on any atom is 0.255 e. The van der Waals surface area contributed by atoms with E-state index in [0.717, 1.165) is 21.9 Å². The zero-order valence-electron chi connectivity index (χ0n) is 11.1. The van der Waals surface area contributed by atoms with Crippen LogP contribution in [0.5, 0.6) is 0 Å². The van der Waals surface area contributed by atoms with Crippen LogP contribution in [-0.2, 0) is 0 Å². The van der Waals surface area contributed by atoms with E-state index in [1.54, 1.807) is 11.8 Å². The second-order valence-corrected chi connectivity index (χ2v) is 5.56. The summed E-state index contributed by atoms with van der Waals surface area (Å²) >= 11 is 1.73. The lowest BCUT2D eigenvalue weighted by Gasteiger charge is -2.10. The minimum absolute atomic E-state index is 0.0656. The normalized spacial score (nSPS) is 10.2. The molecule has 0 aliphatic carbocycles. The molecule has 0 aromatic heterocycles. The second-order valence-electron chi connectivity index (χ2n) is 4.25. The highest BCUT2D eigenvalue weighted by molar-refractivity contribution is 7.99. The van der Waals surface area contributed by atoms with Crippen LogP contribution >= 0.6 is 11.8 Å². The van der Waals surface area contributed by atoms with E-state index in [1.807, 2.05) is 55.5 Å². The van der Waals surface area contributed by atoms with Crippen molar-refractivity contribution in [1.82, 2.24) is 0 Å². The van der Waals surface area contributed by atoms with Crippen LogP contribution in [0.2, 0.25) is 0 Å². The Morgan fingerprint density at radius 1 is 1.11 bits per heavy atom. The SMILES string of the molecule is CCSc1ccccc1NC(=O)c1ccc(C)cc1. The largest absolute Gasteiger partial charge is 0.321 e. The maximum atomic E-state index is 12.2. The Kier molecular flexibility index (Phi) is 4.63. The molecule has 0 saturated heterocycles. The molecule has 0 radical (unpaired) electrons. The first-order chi connectivity index (χ1) is 9.20. The summed E-state index contributed by atoms with van der Waals surface area (Å²) in [6, 6.07) is 15.5. The molecule has 0 heterocycles. The van der Waals surface area contributed by atoms with Gasteiger partial charge in [-0.1, -0.05) is 36.8 Å². The minimum Gasteiger partial charge on any atom is -0.321 e. The zero-order chi connectivity index (χ0) is 13.7. The zero-order valence-corrected chi connectivity index (χ0v) is 12.0. The van der Waals surface area contributed by atoms with Gasteiger partial charge in [0.25, 0.3) is 5.91 Å². The van der Waals surface area contributed by atoms with Gasteiger partial charge in [-0.25, -0.2) is 0 Å². The minimum atomic E-state index is -0.0656. The lowest BCUT2D eigenvalue weighted by Crippen LogP contribution is -2.12. The fraction of sp³-hybridized carbons (Fsp3) is 0.188. The molecule has 98 valence electrons. The fourth-order valence-electron chi connectivity index (χ4n) is 1.75. The van der Waals surface area contributed by atoms with Crippen molar-refractivity contribution in [3.05, 3.63) is 59.7 Å². The molecule has 0 bridgehead atoms. The predicted octanol–water partition coefficient (Wildman–Crippen LogP) is 4.36. The molecule has 1 amide bonds. The van der Waals surface area contributed by atoms with Crippen molar-refractivity contribution in [2.24, 2.45) is 0 Å². The lowest BCUT2D eigenvalue weighted by molar-refractivity contribution is 0.102. The van der Waals surface area contributed by atoms with Crippen molar-refractivity contribution in [3.8, 4) is 0 Å². The van der Waals surface area contributed by atoms with Crippen LogP contribution in [0.15, 0.2) is 53.4 Å². The highest BCUT2D eigenvalue weighted by atomic mass is 32.2. The van der Waals surface area contributed by atoms with Gasteiger partial charge in [-0.15, -0.1) is 11.8 Å². The van der Waals surface area contributed by atoms with Crippen molar-refractivity contribution in [2.45, 2.75) is 18.7 Å². The number of para-hydroxylation sites is 1. The summed E-state index contributed by atoms with van der Waals surface area (Å²) in [4.78, 5) is 13.3. The van der Waals surface area contributed by atoms with E-state index in [2.05, 4.69) is 12.2 Å². The van der Waals surface area contributed by atoms with Gasteiger partial charge < -0.3 is 5.32 Å². The van der Waals surface area contributed by atoms with E-state index in [-0.39, 0.29) is 5.91 Å². The summed E-state index contributed by atoms with van der Waals surface area (Å²) in [5.41, 5.74) is 2.71. The molecule has 2 aromatic rings. The van der Waals surface area contributed by atoms with E-state index in [4.69, 9.17) is 0 Å². The summed E-state index contributed by atoms with van der Waals surface area (Å²) in [5.74, 6) is 0.918. The molecule has 0 aliphatic rings. The summed E-state index contributed by atoms with van der Waals surface area (Å²) in [6.45, 7) is 4.11. The molecule has 0 fully saturated rings. The van der Waals surface area contributed by atoms with E-state index < -0.39 is 0 Å². The smallest absolute Gasteiger partial charge is 0.255 e.